The van der Waals surface area contributed by atoms with Crippen molar-refractivity contribution in [1.29, 1.82) is 0 Å². The number of carboxylic acid groups (broad SMARTS) is 2. The van der Waals surface area contributed by atoms with Crippen LogP contribution >= 0.6 is 0 Å². The first-order chi connectivity index (χ1) is 16.8. The van der Waals surface area contributed by atoms with Gasteiger partial charge in [0.1, 0.15) is 11.5 Å². The number of carbonyl (C=O) groups excluding carboxylic acids is 2. The molecule has 0 bridgehead atoms. The Morgan fingerprint density at radius 1 is 0.457 bits per heavy atom. The lowest BCUT2D eigenvalue weighted by molar-refractivity contribution is 0.0683. The summed E-state index contributed by atoms with van der Waals surface area (Å²) in [4.78, 5) is 48.3. The summed E-state index contributed by atoms with van der Waals surface area (Å²) in [6.45, 7) is 0. The first-order valence-electron chi connectivity index (χ1n) is 10.5. The van der Waals surface area contributed by atoms with Crippen LogP contribution in [0.1, 0.15) is 52.6 Å². The Bertz CT molecular complexity index is 1320. The van der Waals surface area contributed by atoms with Crippen molar-refractivity contribution in [2.45, 2.75) is 0 Å². The highest BCUT2D eigenvalue weighted by atomic mass is 16.5. The Balaban J connectivity index is 1.48. The molecule has 7 nitrogen and oxygen atoms in total. The van der Waals surface area contributed by atoms with Crippen LogP contribution in [0, 0.1) is 0 Å². The van der Waals surface area contributed by atoms with Crippen molar-refractivity contribution in [2.75, 3.05) is 0 Å². The van der Waals surface area contributed by atoms with Gasteiger partial charge in [0.25, 0.3) is 0 Å². The van der Waals surface area contributed by atoms with E-state index in [2.05, 4.69) is 0 Å². The van der Waals surface area contributed by atoms with Crippen molar-refractivity contribution in [2.24, 2.45) is 0 Å². The molecule has 0 amide bonds. The molecule has 4 aromatic carbocycles. The molecule has 0 aliphatic carbocycles. The van der Waals surface area contributed by atoms with Gasteiger partial charge < -0.3 is 14.9 Å². The van der Waals surface area contributed by atoms with E-state index in [1.165, 1.54) is 48.5 Å². The third kappa shape index (κ3) is 4.99. The maximum atomic E-state index is 12.8. The van der Waals surface area contributed by atoms with E-state index < -0.39 is 23.5 Å². The molecule has 7 heteroatoms. The van der Waals surface area contributed by atoms with E-state index in [-0.39, 0.29) is 22.3 Å². The van der Waals surface area contributed by atoms with Gasteiger partial charge in [-0.15, -0.1) is 0 Å². The fourth-order valence-corrected chi connectivity index (χ4v) is 3.53. The Morgan fingerprint density at radius 2 is 0.771 bits per heavy atom. The van der Waals surface area contributed by atoms with Gasteiger partial charge in [0.05, 0.1) is 11.1 Å². The van der Waals surface area contributed by atoms with Crippen molar-refractivity contribution in [3.8, 4) is 11.5 Å². The van der Waals surface area contributed by atoms with Crippen molar-refractivity contribution < 1.29 is 34.1 Å². The summed E-state index contributed by atoms with van der Waals surface area (Å²) in [6.07, 6.45) is 0. The molecule has 172 valence electrons. The van der Waals surface area contributed by atoms with Crippen molar-refractivity contribution in [1.82, 2.24) is 0 Å². The molecule has 35 heavy (non-hydrogen) atoms. The van der Waals surface area contributed by atoms with Gasteiger partial charge in [-0.1, -0.05) is 36.4 Å². The molecule has 0 unspecified atom stereocenters. The SMILES string of the molecule is O=C(O)c1ccccc1C(=O)c1ccc(Oc2ccc(C(=O)c3ccccc3C(=O)O)cc2)cc1. The van der Waals surface area contributed by atoms with E-state index in [9.17, 15) is 29.4 Å². The zero-order valence-electron chi connectivity index (χ0n) is 18.2. The molecule has 0 aliphatic rings. The predicted octanol–water partition coefficient (Wildman–Crippen LogP) is 5.34. The van der Waals surface area contributed by atoms with Crippen LogP contribution in [0.4, 0.5) is 0 Å². The second-order valence-electron chi connectivity index (χ2n) is 7.51. The molecule has 0 spiro atoms. The standard InChI is InChI=1S/C28H18O7/c29-25(21-5-1-3-7-23(21)27(31)32)17-9-13-19(14-10-17)35-20-15-11-18(12-16-20)26(30)22-6-2-4-8-24(22)28(33)34/h1-16H,(H,31,32)(H,33,34). The zero-order valence-corrected chi connectivity index (χ0v) is 18.2. The second-order valence-corrected chi connectivity index (χ2v) is 7.51. The van der Waals surface area contributed by atoms with Crippen molar-refractivity contribution >= 4 is 23.5 Å². The topological polar surface area (TPSA) is 118 Å². The molecule has 0 aromatic heterocycles. The number of hydrogen-bond acceptors (Lipinski definition) is 5. The molecule has 0 aliphatic heterocycles. The third-order valence-electron chi connectivity index (χ3n) is 5.27. The lowest BCUT2D eigenvalue weighted by Crippen LogP contribution is -2.09. The highest BCUT2D eigenvalue weighted by Gasteiger charge is 2.18. The second kappa shape index (κ2) is 9.84. The monoisotopic (exact) mass is 466 g/mol. The summed E-state index contributed by atoms with van der Waals surface area (Å²) in [5, 5.41) is 18.6. The average Bonchev–Trinajstić information content (AvgIpc) is 2.88. The molecule has 0 saturated carbocycles. The van der Waals surface area contributed by atoms with Crippen LogP contribution in [0.15, 0.2) is 97.1 Å². The van der Waals surface area contributed by atoms with Gasteiger partial charge in [0.15, 0.2) is 11.6 Å². The minimum Gasteiger partial charge on any atom is -0.478 e. The van der Waals surface area contributed by atoms with E-state index in [0.717, 1.165) is 0 Å². The molecule has 0 atom stereocenters. The van der Waals surface area contributed by atoms with Crippen LogP contribution in [0.3, 0.4) is 0 Å². The smallest absolute Gasteiger partial charge is 0.336 e. The molecule has 0 heterocycles. The molecule has 4 rings (SSSR count). The Hall–Kier alpha value is -5.04. The summed E-state index contributed by atoms with van der Waals surface area (Å²) in [5.41, 5.74) is 0.668. The number of ketones is 2. The maximum absolute atomic E-state index is 12.8. The van der Waals surface area contributed by atoms with Gasteiger partial charge >= 0.3 is 11.9 Å². The van der Waals surface area contributed by atoms with Gasteiger partial charge in [-0.3, -0.25) is 9.59 Å². The maximum Gasteiger partial charge on any atom is 0.336 e. The van der Waals surface area contributed by atoms with E-state index in [0.29, 0.717) is 22.6 Å². The summed E-state index contributed by atoms with van der Waals surface area (Å²) < 4.78 is 5.77. The third-order valence-corrected chi connectivity index (χ3v) is 5.27. The minimum atomic E-state index is -1.18. The van der Waals surface area contributed by atoms with Crippen molar-refractivity contribution in [3.05, 3.63) is 130 Å². The summed E-state index contributed by atoms with van der Waals surface area (Å²) in [6, 6.07) is 24.5. The first kappa shape index (κ1) is 23.1. The highest BCUT2D eigenvalue weighted by Crippen LogP contribution is 2.25. The van der Waals surface area contributed by atoms with Crippen LogP contribution in [-0.4, -0.2) is 33.7 Å². The summed E-state index contributed by atoms with van der Waals surface area (Å²) in [7, 11) is 0. The number of benzene rings is 4. The molecular formula is C28H18O7. The number of carbonyl (C=O) groups is 4. The number of hydrogen-bond donors (Lipinski definition) is 2. The lowest BCUT2D eigenvalue weighted by Gasteiger charge is -2.09. The van der Waals surface area contributed by atoms with Gasteiger partial charge in [0.2, 0.25) is 0 Å². The Kier molecular flexibility index (Phi) is 6.50. The number of ether oxygens (including phenoxy) is 1. The Morgan fingerprint density at radius 3 is 1.09 bits per heavy atom. The van der Waals surface area contributed by atoms with Gasteiger partial charge in [0, 0.05) is 22.3 Å². The molecule has 0 fully saturated rings. The molecule has 0 radical (unpaired) electrons. The minimum absolute atomic E-state index is 0.0709. The van der Waals surface area contributed by atoms with Crippen LogP contribution in [0.5, 0.6) is 11.5 Å². The normalized spacial score (nSPS) is 10.4. The van der Waals surface area contributed by atoms with Gasteiger partial charge in [-0.25, -0.2) is 9.59 Å². The lowest BCUT2D eigenvalue weighted by atomic mass is 9.98. The van der Waals surface area contributed by atoms with Crippen LogP contribution < -0.4 is 4.74 Å². The number of carboxylic acids is 2. The molecule has 0 saturated heterocycles. The summed E-state index contributed by atoms with van der Waals surface area (Å²) >= 11 is 0. The van der Waals surface area contributed by atoms with E-state index >= 15 is 0 Å². The quantitative estimate of drug-likeness (QED) is 0.337. The largest absolute Gasteiger partial charge is 0.478 e. The first-order valence-corrected chi connectivity index (χ1v) is 10.5. The van der Waals surface area contributed by atoms with E-state index in [1.807, 2.05) is 0 Å². The average molecular weight is 466 g/mol. The summed E-state index contributed by atoms with van der Waals surface area (Å²) in [5.74, 6) is -2.32. The molecule has 4 aromatic rings. The van der Waals surface area contributed by atoms with Crippen LogP contribution in [0.2, 0.25) is 0 Å². The fourth-order valence-electron chi connectivity index (χ4n) is 3.53. The van der Waals surface area contributed by atoms with Gasteiger partial charge in [-0.2, -0.15) is 0 Å². The number of rotatable bonds is 8. The highest BCUT2D eigenvalue weighted by molar-refractivity contribution is 6.15. The molecular weight excluding hydrogens is 448 g/mol. The van der Waals surface area contributed by atoms with E-state index in [4.69, 9.17) is 4.74 Å². The van der Waals surface area contributed by atoms with E-state index in [1.54, 1.807) is 48.5 Å². The van der Waals surface area contributed by atoms with Crippen LogP contribution in [-0.2, 0) is 0 Å². The predicted molar refractivity (Wildman–Crippen MR) is 127 cm³/mol. The van der Waals surface area contributed by atoms with Crippen LogP contribution in [0.25, 0.3) is 0 Å². The van der Waals surface area contributed by atoms with Crippen molar-refractivity contribution in [3.63, 3.8) is 0 Å². The number of aromatic carboxylic acids is 2. The Labute approximate surface area is 199 Å². The van der Waals surface area contributed by atoms with Gasteiger partial charge in [-0.05, 0) is 60.7 Å². The molecule has 2 N–H and O–H groups in total. The zero-order chi connectivity index (χ0) is 24.9. The fraction of sp³-hybridized carbons (Fsp3) is 0.